The maximum absolute atomic E-state index is 6.02. The van der Waals surface area contributed by atoms with Crippen LogP contribution in [0.5, 0.6) is 11.5 Å². The molecule has 0 fully saturated rings. The highest BCUT2D eigenvalue weighted by Crippen LogP contribution is 2.31. The summed E-state index contributed by atoms with van der Waals surface area (Å²) in [6.07, 6.45) is 0.694. The standard InChI is InChI=1S/C17H20N2O2/c1-12-5-4-6-13(9-12)10-14(19-18)17-11-20-15-7-2-3-8-16(15)21-17/h2-9,14,17,19H,10-11,18H2,1H3. The van der Waals surface area contributed by atoms with Crippen LogP contribution in [-0.2, 0) is 6.42 Å². The predicted molar refractivity (Wildman–Crippen MR) is 82.3 cm³/mol. The van der Waals surface area contributed by atoms with Gasteiger partial charge in [0.15, 0.2) is 11.5 Å². The van der Waals surface area contributed by atoms with E-state index in [1.54, 1.807) is 0 Å². The van der Waals surface area contributed by atoms with Crippen molar-refractivity contribution < 1.29 is 9.47 Å². The molecule has 0 saturated carbocycles. The van der Waals surface area contributed by atoms with E-state index in [0.717, 1.165) is 17.9 Å². The van der Waals surface area contributed by atoms with Crippen molar-refractivity contribution in [3.63, 3.8) is 0 Å². The molecule has 3 rings (SSSR count). The van der Waals surface area contributed by atoms with Crippen molar-refractivity contribution in [3.8, 4) is 11.5 Å². The Balaban J connectivity index is 1.73. The molecule has 3 N–H and O–H groups in total. The van der Waals surface area contributed by atoms with Gasteiger partial charge in [-0.15, -0.1) is 0 Å². The van der Waals surface area contributed by atoms with Gasteiger partial charge < -0.3 is 9.47 Å². The molecule has 0 aromatic heterocycles. The smallest absolute Gasteiger partial charge is 0.161 e. The van der Waals surface area contributed by atoms with E-state index < -0.39 is 0 Å². The Bertz CT molecular complexity index is 615. The van der Waals surface area contributed by atoms with E-state index in [1.165, 1.54) is 11.1 Å². The molecule has 1 aliphatic rings. The van der Waals surface area contributed by atoms with Crippen LogP contribution < -0.4 is 20.7 Å². The number of nitrogens with two attached hydrogens (primary N) is 1. The third-order valence-corrected chi connectivity index (χ3v) is 3.73. The van der Waals surface area contributed by atoms with Crippen molar-refractivity contribution in [3.05, 3.63) is 59.7 Å². The van der Waals surface area contributed by atoms with Gasteiger partial charge in [0.05, 0.1) is 6.04 Å². The van der Waals surface area contributed by atoms with Gasteiger partial charge in [0.25, 0.3) is 0 Å². The molecule has 4 nitrogen and oxygen atoms in total. The molecule has 2 atom stereocenters. The minimum atomic E-state index is -0.106. The second kappa shape index (κ2) is 6.16. The summed E-state index contributed by atoms with van der Waals surface area (Å²) in [5.41, 5.74) is 5.35. The van der Waals surface area contributed by atoms with Crippen molar-refractivity contribution in [2.45, 2.75) is 25.5 Å². The van der Waals surface area contributed by atoms with E-state index in [2.05, 4.69) is 36.6 Å². The lowest BCUT2D eigenvalue weighted by Gasteiger charge is -2.32. The van der Waals surface area contributed by atoms with Crippen molar-refractivity contribution in [1.82, 2.24) is 5.43 Å². The first-order chi connectivity index (χ1) is 10.3. The summed E-state index contributed by atoms with van der Waals surface area (Å²) >= 11 is 0. The lowest BCUT2D eigenvalue weighted by molar-refractivity contribution is 0.0620. The van der Waals surface area contributed by atoms with Gasteiger partial charge in [0.1, 0.15) is 12.7 Å². The van der Waals surface area contributed by atoms with Crippen molar-refractivity contribution in [2.75, 3.05) is 6.61 Å². The Hall–Kier alpha value is -2.04. The Labute approximate surface area is 124 Å². The molecule has 2 unspecified atom stereocenters. The SMILES string of the molecule is Cc1cccc(CC(NN)C2COc3ccccc3O2)c1. The average Bonchev–Trinajstić information content (AvgIpc) is 2.52. The lowest BCUT2D eigenvalue weighted by Crippen LogP contribution is -2.51. The minimum Gasteiger partial charge on any atom is -0.486 e. The van der Waals surface area contributed by atoms with Gasteiger partial charge in [0, 0.05) is 0 Å². The van der Waals surface area contributed by atoms with E-state index in [9.17, 15) is 0 Å². The number of ether oxygens (including phenoxy) is 2. The number of nitrogens with one attached hydrogen (secondary N) is 1. The van der Waals surface area contributed by atoms with Crippen molar-refractivity contribution in [1.29, 1.82) is 0 Å². The van der Waals surface area contributed by atoms with Gasteiger partial charge in [-0.05, 0) is 31.0 Å². The second-order valence-corrected chi connectivity index (χ2v) is 5.38. The summed E-state index contributed by atoms with van der Waals surface area (Å²) in [4.78, 5) is 0. The fourth-order valence-electron chi connectivity index (χ4n) is 2.62. The fourth-order valence-corrected chi connectivity index (χ4v) is 2.62. The van der Waals surface area contributed by atoms with Crippen LogP contribution in [-0.4, -0.2) is 18.8 Å². The van der Waals surface area contributed by atoms with E-state index in [-0.39, 0.29) is 12.1 Å². The van der Waals surface area contributed by atoms with Crippen LogP contribution in [0.2, 0.25) is 0 Å². The average molecular weight is 284 g/mol. The van der Waals surface area contributed by atoms with Crippen LogP contribution in [0.3, 0.4) is 0 Å². The molecule has 0 radical (unpaired) electrons. The van der Waals surface area contributed by atoms with Crippen molar-refractivity contribution in [2.24, 2.45) is 5.84 Å². The highest BCUT2D eigenvalue weighted by Gasteiger charge is 2.28. The molecule has 0 spiro atoms. The Morgan fingerprint density at radius 1 is 1.19 bits per heavy atom. The third kappa shape index (κ3) is 3.17. The predicted octanol–water partition coefficient (Wildman–Crippen LogP) is 2.21. The number of fused-ring (bicyclic) bond motifs is 1. The largest absolute Gasteiger partial charge is 0.486 e. The molecule has 1 heterocycles. The quantitative estimate of drug-likeness (QED) is 0.667. The first-order valence-electron chi connectivity index (χ1n) is 7.16. The molecule has 0 saturated heterocycles. The van der Waals surface area contributed by atoms with Gasteiger partial charge in [-0.2, -0.15) is 0 Å². The number of rotatable bonds is 4. The molecule has 2 aromatic carbocycles. The Morgan fingerprint density at radius 2 is 2.00 bits per heavy atom. The van der Waals surface area contributed by atoms with E-state index in [1.807, 2.05) is 24.3 Å². The molecule has 110 valence electrons. The first kappa shape index (κ1) is 13.9. The number of benzene rings is 2. The molecular weight excluding hydrogens is 264 g/mol. The zero-order valence-electron chi connectivity index (χ0n) is 12.1. The van der Waals surface area contributed by atoms with Crippen LogP contribution >= 0.6 is 0 Å². The first-order valence-corrected chi connectivity index (χ1v) is 7.16. The molecule has 0 amide bonds. The lowest BCUT2D eigenvalue weighted by atomic mass is 10.00. The number of para-hydroxylation sites is 2. The topological polar surface area (TPSA) is 56.5 Å². The zero-order chi connectivity index (χ0) is 14.7. The van der Waals surface area contributed by atoms with E-state index in [4.69, 9.17) is 15.3 Å². The highest BCUT2D eigenvalue weighted by atomic mass is 16.6. The van der Waals surface area contributed by atoms with E-state index >= 15 is 0 Å². The van der Waals surface area contributed by atoms with Crippen LogP contribution in [0.15, 0.2) is 48.5 Å². The van der Waals surface area contributed by atoms with Crippen LogP contribution in [0.4, 0.5) is 0 Å². The Kier molecular flexibility index (Phi) is 4.08. The third-order valence-electron chi connectivity index (χ3n) is 3.73. The minimum absolute atomic E-state index is 0.000145. The normalized spacial score (nSPS) is 18.3. The summed E-state index contributed by atoms with van der Waals surface area (Å²) in [6, 6.07) is 16.1. The number of hydrazine groups is 1. The van der Waals surface area contributed by atoms with E-state index in [0.29, 0.717) is 6.61 Å². The molecule has 0 aliphatic carbocycles. The number of aryl methyl sites for hydroxylation is 1. The monoisotopic (exact) mass is 284 g/mol. The molecular formula is C17H20N2O2. The molecule has 21 heavy (non-hydrogen) atoms. The van der Waals surface area contributed by atoms with Gasteiger partial charge >= 0.3 is 0 Å². The van der Waals surface area contributed by atoms with Gasteiger partial charge in [0.2, 0.25) is 0 Å². The van der Waals surface area contributed by atoms with Crippen LogP contribution in [0.1, 0.15) is 11.1 Å². The number of hydrogen-bond donors (Lipinski definition) is 2. The molecule has 1 aliphatic heterocycles. The van der Waals surface area contributed by atoms with Gasteiger partial charge in [-0.3, -0.25) is 11.3 Å². The van der Waals surface area contributed by atoms with Crippen molar-refractivity contribution >= 4 is 0 Å². The van der Waals surface area contributed by atoms with Gasteiger partial charge in [-0.1, -0.05) is 42.0 Å². The van der Waals surface area contributed by atoms with Crippen LogP contribution in [0.25, 0.3) is 0 Å². The fraction of sp³-hybridized carbons (Fsp3) is 0.294. The summed E-state index contributed by atoms with van der Waals surface area (Å²) < 4.78 is 11.8. The maximum atomic E-state index is 6.02. The molecule has 4 heteroatoms. The second-order valence-electron chi connectivity index (χ2n) is 5.38. The van der Waals surface area contributed by atoms with Crippen LogP contribution in [0, 0.1) is 6.92 Å². The Morgan fingerprint density at radius 3 is 2.76 bits per heavy atom. The molecule has 0 bridgehead atoms. The number of hydrogen-bond acceptors (Lipinski definition) is 4. The zero-order valence-corrected chi connectivity index (χ0v) is 12.1. The highest BCUT2D eigenvalue weighted by molar-refractivity contribution is 5.41. The maximum Gasteiger partial charge on any atom is 0.161 e. The summed E-state index contributed by atoms with van der Waals surface area (Å²) in [5.74, 6) is 7.29. The summed E-state index contributed by atoms with van der Waals surface area (Å²) in [7, 11) is 0. The summed E-state index contributed by atoms with van der Waals surface area (Å²) in [6.45, 7) is 2.59. The van der Waals surface area contributed by atoms with Gasteiger partial charge in [-0.25, -0.2) is 0 Å². The molecule has 2 aromatic rings. The summed E-state index contributed by atoms with van der Waals surface area (Å²) in [5, 5.41) is 0.